The van der Waals surface area contributed by atoms with Crippen LogP contribution >= 0.6 is 0 Å². The first-order valence-corrected chi connectivity index (χ1v) is 18.9. The zero-order valence-electron chi connectivity index (χ0n) is 32.8. The van der Waals surface area contributed by atoms with Crippen LogP contribution < -0.4 is 29.0 Å². The molecule has 2 atom stereocenters. The third kappa shape index (κ3) is 8.53. The van der Waals surface area contributed by atoms with E-state index in [2.05, 4.69) is 65.6 Å². The van der Waals surface area contributed by atoms with E-state index in [4.69, 9.17) is 28.4 Å². The van der Waals surface area contributed by atoms with Gasteiger partial charge in [-0.1, -0.05) is 24.3 Å². The average molecular weight is 750 g/mol. The summed E-state index contributed by atoms with van der Waals surface area (Å²) in [5, 5.41) is 2.62. The lowest BCUT2D eigenvalue weighted by molar-refractivity contribution is -0.134. The smallest absolute Gasteiger partial charge is 0.407 e. The van der Waals surface area contributed by atoms with Gasteiger partial charge >= 0.3 is 12.1 Å². The third-order valence-corrected chi connectivity index (χ3v) is 10.5. The van der Waals surface area contributed by atoms with E-state index in [9.17, 15) is 9.59 Å². The van der Waals surface area contributed by atoms with E-state index in [1.807, 2.05) is 24.3 Å². The second kappa shape index (κ2) is 15.8. The summed E-state index contributed by atoms with van der Waals surface area (Å²) < 4.78 is 36.5. The molecule has 11 heteroatoms. The molecule has 1 N–H and O–H groups in total. The van der Waals surface area contributed by atoms with Gasteiger partial charge in [0.1, 0.15) is 17.1 Å². The minimum atomic E-state index is -0.643. The van der Waals surface area contributed by atoms with Crippen molar-refractivity contribution in [2.24, 2.45) is 0 Å². The van der Waals surface area contributed by atoms with Gasteiger partial charge in [-0.25, -0.2) is 4.79 Å². The molecule has 4 aromatic rings. The summed E-state index contributed by atoms with van der Waals surface area (Å²) in [7, 11) is 7.61. The second-order valence-corrected chi connectivity index (χ2v) is 15.6. The van der Waals surface area contributed by atoms with Crippen LogP contribution in [0.1, 0.15) is 72.7 Å². The van der Waals surface area contributed by atoms with Crippen molar-refractivity contribution in [3.8, 4) is 40.2 Å². The number of nitrogens with zero attached hydrogens (tertiary/aromatic N) is 2. The molecule has 8 rings (SSSR count). The molecule has 4 aromatic carbocycles. The fraction of sp³-hybridized carbons (Fsp3) is 0.409. The van der Waals surface area contributed by atoms with Gasteiger partial charge in [0.05, 0.1) is 20.6 Å². The summed E-state index contributed by atoms with van der Waals surface area (Å²) in [6.45, 7) is 7.21. The van der Waals surface area contributed by atoms with E-state index in [1.165, 1.54) is 11.1 Å². The number of carbonyl (C=O) groups excluding carboxylic acids is 2. The molecule has 11 nitrogen and oxygen atoms in total. The zero-order valence-corrected chi connectivity index (χ0v) is 32.8. The van der Waals surface area contributed by atoms with Crippen molar-refractivity contribution in [3.05, 3.63) is 100 Å². The van der Waals surface area contributed by atoms with E-state index in [0.717, 1.165) is 60.4 Å². The Kier molecular flexibility index (Phi) is 11.0. The minimum Gasteiger partial charge on any atom is -0.493 e. The highest BCUT2D eigenvalue weighted by Crippen LogP contribution is 2.50. The van der Waals surface area contributed by atoms with Crippen LogP contribution in [0.5, 0.6) is 40.2 Å². The van der Waals surface area contributed by atoms with E-state index >= 15 is 0 Å². The molecule has 4 aliphatic heterocycles. The van der Waals surface area contributed by atoms with Crippen molar-refractivity contribution in [2.75, 3.05) is 47.9 Å². The van der Waals surface area contributed by atoms with E-state index in [1.54, 1.807) is 41.1 Å². The number of alkyl carbamates (subject to hydrolysis) is 1. The predicted octanol–water partition coefficient (Wildman–Crippen LogP) is 7.97. The number of esters is 1. The number of likely N-dealkylation sites (N-methyl/N-ethyl adjacent to an activating group) is 2. The minimum absolute atomic E-state index is 0.0494. The first-order valence-electron chi connectivity index (χ1n) is 18.9. The highest BCUT2D eigenvalue weighted by atomic mass is 16.6. The molecule has 0 aliphatic carbocycles. The Labute approximate surface area is 323 Å². The Morgan fingerprint density at radius 1 is 0.782 bits per heavy atom. The van der Waals surface area contributed by atoms with Gasteiger partial charge in [-0.3, -0.25) is 14.6 Å². The van der Waals surface area contributed by atoms with Crippen LogP contribution in [0.15, 0.2) is 66.7 Å². The summed E-state index contributed by atoms with van der Waals surface area (Å²) in [5.74, 6) is 3.38. The van der Waals surface area contributed by atoms with Crippen LogP contribution in [0.3, 0.4) is 0 Å². The fourth-order valence-electron chi connectivity index (χ4n) is 7.74. The largest absolute Gasteiger partial charge is 0.493 e. The topological polar surface area (TPSA) is 108 Å². The van der Waals surface area contributed by atoms with Gasteiger partial charge in [0.25, 0.3) is 0 Å². The van der Waals surface area contributed by atoms with Crippen molar-refractivity contribution in [2.45, 2.75) is 70.6 Å². The fourth-order valence-corrected chi connectivity index (χ4v) is 7.74. The van der Waals surface area contributed by atoms with E-state index < -0.39 is 17.7 Å². The molecule has 0 unspecified atom stereocenters. The van der Waals surface area contributed by atoms with Crippen LogP contribution in [-0.2, 0) is 35.2 Å². The summed E-state index contributed by atoms with van der Waals surface area (Å²) >= 11 is 0. The van der Waals surface area contributed by atoms with Gasteiger partial charge in [-0.05, 0) is 131 Å². The van der Waals surface area contributed by atoms with Crippen LogP contribution in [0.4, 0.5) is 4.79 Å². The number of fused-ring (bicyclic) bond motifs is 2. The van der Waals surface area contributed by atoms with Crippen LogP contribution in [0.2, 0.25) is 0 Å². The highest BCUT2D eigenvalue weighted by Gasteiger charge is 2.34. The number of methoxy groups -OCH3 is 2. The molecule has 0 saturated heterocycles. The number of ether oxygens (including phenoxy) is 6. The van der Waals surface area contributed by atoms with Crippen molar-refractivity contribution in [1.29, 1.82) is 0 Å². The molecule has 4 heterocycles. The Bertz CT molecular complexity index is 2060. The van der Waals surface area contributed by atoms with E-state index in [-0.39, 0.29) is 30.8 Å². The van der Waals surface area contributed by atoms with Crippen LogP contribution in [-0.4, -0.2) is 75.4 Å². The van der Waals surface area contributed by atoms with Crippen LogP contribution in [0, 0.1) is 0 Å². The van der Waals surface area contributed by atoms with E-state index in [0.29, 0.717) is 35.2 Å². The molecule has 290 valence electrons. The lowest BCUT2D eigenvalue weighted by Gasteiger charge is -2.37. The third-order valence-electron chi connectivity index (χ3n) is 10.5. The number of hydrogen-bond donors (Lipinski definition) is 1. The number of carbonyl (C=O) groups is 2. The number of nitrogens with one attached hydrogen (secondary N) is 1. The molecular formula is C44H51N3O8. The van der Waals surface area contributed by atoms with Crippen molar-refractivity contribution < 1.29 is 38.0 Å². The highest BCUT2D eigenvalue weighted by molar-refractivity contribution is 5.75. The summed E-state index contributed by atoms with van der Waals surface area (Å²) in [5.41, 5.74) is 6.26. The molecule has 4 aliphatic rings. The monoisotopic (exact) mass is 749 g/mol. The molecular weight excluding hydrogens is 698 g/mol. The Morgan fingerprint density at radius 2 is 1.47 bits per heavy atom. The quantitative estimate of drug-likeness (QED) is 0.154. The SMILES string of the molecule is COc1cc2c3c(c1OC)Oc1ccc4c(c1)[C@H](Cc1ccc(cc1)Oc1cc(ccc1OC(=O)CCNC(=O)OC(C)(C)C)C[C@H]3N(C)CC2)N(C)CC4. The molecule has 0 fully saturated rings. The zero-order chi connectivity index (χ0) is 38.9. The predicted molar refractivity (Wildman–Crippen MR) is 209 cm³/mol. The Balaban J connectivity index is 1.28. The average Bonchev–Trinajstić information content (AvgIpc) is 3.14. The lowest BCUT2D eigenvalue weighted by atomic mass is 9.87. The van der Waals surface area contributed by atoms with Crippen molar-refractivity contribution >= 4 is 12.1 Å². The number of rotatable bonds is 6. The first-order chi connectivity index (χ1) is 26.4. The summed E-state index contributed by atoms with van der Waals surface area (Å²) in [6, 6.07) is 22.4. The molecule has 0 aromatic heterocycles. The normalized spacial score (nSPS) is 18.1. The maximum Gasteiger partial charge on any atom is 0.407 e. The standard InChI is InChI=1S/C44H51N3O8/c1-44(2,3)55-43(49)45-19-16-39(48)54-36-15-10-28-23-35-40-30(18-21-47(35)5)25-38(50-6)41(51-7)42(40)53-32-14-11-29-17-20-46(4)34(33(29)26-32)22-27-8-12-31(13-9-27)52-37(36)24-28/h8-15,24-26,34-35H,16-23H2,1-7H3,(H,45,49)/t34-,35+/m0/s1. The molecule has 0 radical (unpaired) electrons. The van der Waals surface area contributed by atoms with Crippen molar-refractivity contribution in [3.63, 3.8) is 0 Å². The van der Waals surface area contributed by atoms with Gasteiger partial charge in [0.2, 0.25) is 5.75 Å². The molecule has 1 amide bonds. The second-order valence-electron chi connectivity index (χ2n) is 15.6. The van der Waals surface area contributed by atoms with Gasteiger partial charge < -0.3 is 33.7 Å². The van der Waals surface area contributed by atoms with Gasteiger partial charge in [-0.2, -0.15) is 0 Å². The lowest BCUT2D eigenvalue weighted by Crippen LogP contribution is -2.34. The first kappa shape index (κ1) is 38.0. The van der Waals surface area contributed by atoms with Crippen molar-refractivity contribution in [1.82, 2.24) is 15.1 Å². The summed E-state index contributed by atoms with van der Waals surface area (Å²) in [4.78, 5) is 29.9. The van der Waals surface area contributed by atoms with Gasteiger partial charge in [0.15, 0.2) is 23.0 Å². The number of hydrogen-bond acceptors (Lipinski definition) is 10. The Hall–Kier alpha value is -5.26. The molecule has 0 spiro atoms. The Morgan fingerprint density at radius 3 is 2.20 bits per heavy atom. The van der Waals surface area contributed by atoms with Gasteiger partial charge in [-0.15, -0.1) is 0 Å². The maximum atomic E-state index is 13.1. The number of benzene rings is 4. The van der Waals surface area contributed by atoms with Crippen LogP contribution in [0.25, 0.3) is 0 Å². The molecule has 6 bridgehead atoms. The molecule has 0 saturated carbocycles. The van der Waals surface area contributed by atoms with Gasteiger partial charge in [0, 0.05) is 37.3 Å². The summed E-state index contributed by atoms with van der Waals surface area (Å²) in [6.07, 6.45) is 2.55. The maximum absolute atomic E-state index is 13.1. The molecule has 55 heavy (non-hydrogen) atoms. The number of amides is 1.